The van der Waals surface area contributed by atoms with Crippen molar-refractivity contribution < 1.29 is 9.59 Å². The van der Waals surface area contributed by atoms with Crippen LogP contribution in [0.2, 0.25) is 0 Å². The van der Waals surface area contributed by atoms with Gasteiger partial charge < -0.3 is 15.5 Å². The highest BCUT2D eigenvalue weighted by atomic mass is 127. The molecule has 3 aliphatic rings. The molecule has 0 aromatic rings. The molecule has 1 unspecified atom stereocenters. The standard InChI is InChI=1S/C19H33N5O2.HI/c1-20-19(21-10-12-24-17(25)7-4-8-18(24)26)22-16-9-11-23(14-16)13-15-5-2-3-6-15;/h15-16H,2-14H2,1H3,(H2,20,21,22);1H. The van der Waals surface area contributed by atoms with Crippen LogP contribution in [-0.4, -0.2) is 73.4 Å². The fourth-order valence-electron chi connectivity index (χ4n) is 4.40. The number of hydrogen-bond acceptors (Lipinski definition) is 4. The van der Waals surface area contributed by atoms with Crippen LogP contribution >= 0.6 is 24.0 Å². The number of rotatable bonds is 6. The highest BCUT2D eigenvalue weighted by molar-refractivity contribution is 14.0. The molecule has 0 aromatic carbocycles. The fourth-order valence-corrected chi connectivity index (χ4v) is 4.40. The van der Waals surface area contributed by atoms with E-state index in [1.54, 1.807) is 7.05 Å². The first-order valence-electron chi connectivity index (χ1n) is 10.2. The molecule has 0 bridgehead atoms. The predicted octanol–water partition coefficient (Wildman–Crippen LogP) is 1.57. The van der Waals surface area contributed by atoms with Crippen molar-refractivity contribution in [3.05, 3.63) is 0 Å². The second-order valence-corrected chi connectivity index (χ2v) is 7.83. The number of carbonyl (C=O) groups excluding carboxylic acids is 2. The molecule has 0 spiro atoms. The fraction of sp³-hybridized carbons (Fsp3) is 0.842. The number of halogens is 1. The van der Waals surface area contributed by atoms with Gasteiger partial charge in [0, 0.05) is 58.7 Å². The third-order valence-electron chi connectivity index (χ3n) is 5.84. The zero-order valence-corrected chi connectivity index (χ0v) is 18.7. The smallest absolute Gasteiger partial charge is 0.229 e. The van der Waals surface area contributed by atoms with E-state index >= 15 is 0 Å². The molecule has 1 atom stereocenters. The molecule has 2 aliphatic heterocycles. The molecule has 2 heterocycles. The molecule has 2 saturated heterocycles. The van der Waals surface area contributed by atoms with Crippen molar-refractivity contribution in [3.8, 4) is 0 Å². The van der Waals surface area contributed by atoms with E-state index in [0.29, 0.717) is 38.4 Å². The minimum Gasteiger partial charge on any atom is -0.355 e. The van der Waals surface area contributed by atoms with Gasteiger partial charge in [0.15, 0.2) is 5.96 Å². The molecule has 3 rings (SSSR count). The second-order valence-electron chi connectivity index (χ2n) is 7.83. The van der Waals surface area contributed by atoms with Gasteiger partial charge in [-0.05, 0) is 31.6 Å². The highest BCUT2D eigenvalue weighted by Gasteiger charge is 2.27. The summed E-state index contributed by atoms with van der Waals surface area (Å²) in [7, 11) is 1.76. The predicted molar refractivity (Wildman–Crippen MR) is 117 cm³/mol. The first-order valence-corrected chi connectivity index (χ1v) is 10.2. The van der Waals surface area contributed by atoms with Gasteiger partial charge in [-0.25, -0.2) is 0 Å². The zero-order valence-electron chi connectivity index (χ0n) is 16.4. The maximum atomic E-state index is 11.8. The highest BCUT2D eigenvalue weighted by Crippen LogP contribution is 2.26. The van der Waals surface area contributed by atoms with Crippen molar-refractivity contribution in [1.82, 2.24) is 20.4 Å². The summed E-state index contributed by atoms with van der Waals surface area (Å²) in [5.41, 5.74) is 0. The molecule has 27 heavy (non-hydrogen) atoms. The third kappa shape index (κ3) is 6.58. The molecule has 2 amide bonds. The van der Waals surface area contributed by atoms with E-state index in [9.17, 15) is 9.59 Å². The van der Waals surface area contributed by atoms with Crippen LogP contribution in [0.25, 0.3) is 0 Å². The van der Waals surface area contributed by atoms with Gasteiger partial charge >= 0.3 is 0 Å². The summed E-state index contributed by atoms with van der Waals surface area (Å²) in [5.74, 6) is 1.55. The van der Waals surface area contributed by atoms with Gasteiger partial charge in [-0.2, -0.15) is 0 Å². The number of carbonyl (C=O) groups is 2. The summed E-state index contributed by atoms with van der Waals surface area (Å²) in [5, 5.41) is 6.74. The molecular formula is C19H34IN5O2. The molecule has 154 valence electrons. The Morgan fingerprint density at radius 2 is 1.81 bits per heavy atom. The Hall–Kier alpha value is -0.900. The number of nitrogens with zero attached hydrogens (tertiary/aromatic N) is 3. The average Bonchev–Trinajstić information content (AvgIpc) is 3.29. The van der Waals surface area contributed by atoms with Crippen molar-refractivity contribution >= 4 is 41.8 Å². The van der Waals surface area contributed by atoms with Crippen LogP contribution in [0.15, 0.2) is 4.99 Å². The van der Waals surface area contributed by atoms with Gasteiger partial charge in [0.1, 0.15) is 0 Å². The first kappa shape index (κ1) is 22.4. The van der Waals surface area contributed by atoms with Crippen LogP contribution in [0.1, 0.15) is 51.4 Å². The Bertz CT molecular complexity index is 520. The molecule has 3 fully saturated rings. The average molecular weight is 491 g/mol. The van der Waals surface area contributed by atoms with Crippen LogP contribution in [0.4, 0.5) is 0 Å². The van der Waals surface area contributed by atoms with E-state index in [1.807, 2.05) is 0 Å². The van der Waals surface area contributed by atoms with Crippen molar-refractivity contribution in [2.24, 2.45) is 10.9 Å². The maximum absolute atomic E-state index is 11.8. The lowest BCUT2D eigenvalue weighted by atomic mass is 10.1. The number of nitrogens with one attached hydrogen (secondary N) is 2. The van der Waals surface area contributed by atoms with Gasteiger partial charge in [0.25, 0.3) is 0 Å². The largest absolute Gasteiger partial charge is 0.355 e. The van der Waals surface area contributed by atoms with Gasteiger partial charge in [0.05, 0.1) is 0 Å². The lowest BCUT2D eigenvalue weighted by Crippen LogP contribution is -2.49. The van der Waals surface area contributed by atoms with Gasteiger partial charge in [-0.3, -0.25) is 19.5 Å². The molecular weight excluding hydrogens is 457 g/mol. The Labute approximate surface area is 179 Å². The quantitative estimate of drug-likeness (QED) is 0.256. The Morgan fingerprint density at radius 1 is 1.11 bits per heavy atom. The summed E-state index contributed by atoms with van der Waals surface area (Å²) in [6.07, 6.45) is 8.38. The Balaban J connectivity index is 0.00000261. The molecule has 7 nitrogen and oxygen atoms in total. The van der Waals surface area contributed by atoms with E-state index in [2.05, 4.69) is 20.5 Å². The van der Waals surface area contributed by atoms with Crippen LogP contribution in [0, 0.1) is 5.92 Å². The second kappa shape index (κ2) is 11.2. The number of piperidine rings is 1. The minimum atomic E-state index is -0.0515. The first-order chi connectivity index (χ1) is 12.7. The summed E-state index contributed by atoms with van der Waals surface area (Å²) in [6.45, 7) is 4.41. The van der Waals surface area contributed by atoms with Gasteiger partial charge in [-0.15, -0.1) is 24.0 Å². The van der Waals surface area contributed by atoms with Gasteiger partial charge in [-0.1, -0.05) is 12.8 Å². The van der Waals surface area contributed by atoms with Crippen molar-refractivity contribution in [3.63, 3.8) is 0 Å². The number of imide groups is 1. The number of guanidine groups is 1. The topological polar surface area (TPSA) is 77.0 Å². The molecule has 1 saturated carbocycles. The van der Waals surface area contributed by atoms with Crippen molar-refractivity contribution in [2.45, 2.75) is 57.4 Å². The number of amides is 2. The molecule has 0 aromatic heterocycles. The lowest BCUT2D eigenvalue weighted by molar-refractivity contribution is -0.147. The Morgan fingerprint density at radius 3 is 2.48 bits per heavy atom. The van der Waals surface area contributed by atoms with E-state index < -0.39 is 0 Å². The van der Waals surface area contributed by atoms with Crippen molar-refractivity contribution in [1.29, 1.82) is 0 Å². The molecule has 8 heteroatoms. The van der Waals surface area contributed by atoms with E-state index in [0.717, 1.165) is 31.4 Å². The SMILES string of the molecule is CN=C(NCCN1C(=O)CCCC1=O)NC1CCN(CC2CCCC2)C1.I. The number of hydrogen-bond donors (Lipinski definition) is 2. The Kier molecular flexibility index (Phi) is 9.28. The van der Waals surface area contributed by atoms with Crippen molar-refractivity contribution in [2.75, 3.05) is 39.8 Å². The van der Waals surface area contributed by atoms with E-state index in [-0.39, 0.29) is 35.8 Å². The monoisotopic (exact) mass is 491 g/mol. The molecule has 0 radical (unpaired) electrons. The van der Waals surface area contributed by atoms with Gasteiger partial charge in [0.2, 0.25) is 11.8 Å². The molecule has 1 aliphatic carbocycles. The summed E-state index contributed by atoms with van der Waals surface area (Å²) in [4.78, 5) is 31.9. The van der Waals surface area contributed by atoms with Crippen LogP contribution in [-0.2, 0) is 9.59 Å². The minimum absolute atomic E-state index is 0. The van der Waals surface area contributed by atoms with E-state index in [4.69, 9.17) is 0 Å². The zero-order chi connectivity index (χ0) is 18.4. The summed E-state index contributed by atoms with van der Waals surface area (Å²) >= 11 is 0. The third-order valence-corrected chi connectivity index (χ3v) is 5.84. The summed E-state index contributed by atoms with van der Waals surface area (Å²) in [6, 6.07) is 0.417. The van der Waals surface area contributed by atoms with Crippen LogP contribution in [0.5, 0.6) is 0 Å². The molecule has 2 N–H and O–H groups in total. The maximum Gasteiger partial charge on any atom is 0.229 e. The lowest BCUT2D eigenvalue weighted by Gasteiger charge is -2.25. The van der Waals surface area contributed by atoms with Crippen LogP contribution in [0.3, 0.4) is 0 Å². The normalized spacial score (nSPS) is 25.0. The van der Waals surface area contributed by atoms with Crippen LogP contribution < -0.4 is 10.6 Å². The number of aliphatic imine (C=N–C) groups is 1. The number of likely N-dealkylation sites (tertiary alicyclic amines) is 2. The van der Waals surface area contributed by atoms with E-state index in [1.165, 1.54) is 37.1 Å². The summed E-state index contributed by atoms with van der Waals surface area (Å²) < 4.78 is 0.